The van der Waals surface area contributed by atoms with Crippen molar-refractivity contribution in [1.29, 1.82) is 0 Å². The summed E-state index contributed by atoms with van der Waals surface area (Å²) in [7, 11) is -1.93. The number of carbonyl (C=O) groups excluding carboxylic acids is 1. The van der Waals surface area contributed by atoms with Crippen LogP contribution >= 0.6 is 0 Å². The van der Waals surface area contributed by atoms with E-state index in [-0.39, 0.29) is 17.4 Å². The lowest BCUT2D eigenvalue weighted by Crippen LogP contribution is -2.46. The molecule has 1 heterocycles. The predicted octanol–water partition coefficient (Wildman–Crippen LogP) is 2.29. The number of benzene rings is 1. The molecule has 0 bridgehead atoms. The van der Waals surface area contributed by atoms with Gasteiger partial charge in [0.05, 0.1) is 11.5 Å². The van der Waals surface area contributed by atoms with E-state index in [2.05, 4.69) is 26.1 Å². The van der Waals surface area contributed by atoms with E-state index >= 15 is 0 Å². The van der Waals surface area contributed by atoms with Crippen molar-refractivity contribution in [2.75, 3.05) is 26.8 Å². The van der Waals surface area contributed by atoms with Crippen LogP contribution in [-0.4, -0.2) is 51.5 Å². The highest BCUT2D eigenvalue weighted by Crippen LogP contribution is 2.26. The third-order valence-corrected chi connectivity index (χ3v) is 6.62. The fourth-order valence-electron chi connectivity index (χ4n) is 3.01. The second-order valence-corrected chi connectivity index (χ2v) is 9.70. The van der Waals surface area contributed by atoms with E-state index < -0.39 is 10.0 Å². The van der Waals surface area contributed by atoms with Crippen LogP contribution in [0.3, 0.4) is 0 Å². The summed E-state index contributed by atoms with van der Waals surface area (Å²) in [6, 6.07) is 7.17. The summed E-state index contributed by atoms with van der Waals surface area (Å²) in [6.45, 7) is 7.52. The Balaban J connectivity index is 1.96. The molecular weight excluding hydrogens is 352 g/mol. The van der Waals surface area contributed by atoms with Gasteiger partial charge in [0.15, 0.2) is 0 Å². The summed E-state index contributed by atoms with van der Waals surface area (Å²) in [6.07, 6.45) is 1.57. The molecule has 6 nitrogen and oxygen atoms in total. The van der Waals surface area contributed by atoms with Crippen LogP contribution in [0.15, 0.2) is 29.2 Å². The van der Waals surface area contributed by atoms with Gasteiger partial charge in [-0.25, -0.2) is 8.42 Å². The number of rotatable bonds is 6. The number of hydrogen-bond donors (Lipinski definition) is 1. The van der Waals surface area contributed by atoms with E-state index in [4.69, 9.17) is 4.74 Å². The molecule has 1 aromatic carbocycles. The van der Waals surface area contributed by atoms with Gasteiger partial charge in [-0.05, 0) is 36.0 Å². The zero-order valence-corrected chi connectivity index (χ0v) is 16.9. The second-order valence-electron chi connectivity index (χ2n) is 7.76. The number of sulfonamides is 1. The first-order valence-corrected chi connectivity index (χ1v) is 10.5. The van der Waals surface area contributed by atoms with Gasteiger partial charge in [-0.3, -0.25) is 4.79 Å². The lowest BCUT2D eigenvalue weighted by Gasteiger charge is -2.31. The van der Waals surface area contributed by atoms with Gasteiger partial charge in [0.25, 0.3) is 0 Å². The molecule has 0 aromatic heterocycles. The van der Waals surface area contributed by atoms with Crippen LogP contribution in [0.2, 0.25) is 0 Å². The second kappa shape index (κ2) is 8.50. The van der Waals surface area contributed by atoms with Crippen LogP contribution in [0.25, 0.3) is 0 Å². The molecule has 1 N–H and O–H groups in total. The van der Waals surface area contributed by atoms with E-state index in [0.29, 0.717) is 43.9 Å². The van der Waals surface area contributed by atoms with Crippen LogP contribution in [-0.2, 0) is 25.0 Å². The summed E-state index contributed by atoms with van der Waals surface area (Å²) in [5.74, 6) is -0.0501. The maximum Gasteiger partial charge on any atom is 0.243 e. The number of nitrogens with zero attached hydrogens (tertiary/aromatic N) is 1. The highest BCUT2D eigenvalue weighted by molar-refractivity contribution is 7.89. The number of nitrogens with one attached hydrogen (secondary N) is 1. The smallest absolute Gasteiger partial charge is 0.243 e. The normalized spacial score (nSPS) is 17.2. The molecule has 0 atom stereocenters. The van der Waals surface area contributed by atoms with E-state index in [0.717, 1.165) is 5.56 Å². The number of ether oxygens (including phenoxy) is 1. The Labute approximate surface area is 157 Å². The maximum atomic E-state index is 12.8. The Morgan fingerprint density at radius 3 is 2.27 bits per heavy atom. The zero-order valence-electron chi connectivity index (χ0n) is 16.1. The number of amides is 1. The molecule has 26 heavy (non-hydrogen) atoms. The average Bonchev–Trinajstić information content (AvgIpc) is 2.60. The van der Waals surface area contributed by atoms with Crippen LogP contribution in [0.4, 0.5) is 0 Å². The molecule has 1 aromatic rings. The molecule has 2 rings (SSSR count). The van der Waals surface area contributed by atoms with Crippen LogP contribution in [0.1, 0.15) is 45.6 Å². The van der Waals surface area contributed by atoms with E-state index in [1.54, 1.807) is 19.2 Å². The number of hydrogen-bond acceptors (Lipinski definition) is 4. The predicted molar refractivity (Wildman–Crippen MR) is 102 cm³/mol. The third kappa shape index (κ3) is 5.28. The molecule has 1 fully saturated rings. The van der Waals surface area contributed by atoms with Crippen molar-refractivity contribution in [3.05, 3.63) is 29.8 Å². The molecular formula is C19H30N2O4S. The van der Waals surface area contributed by atoms with Crippen molar-refractivity contribution in [2.45, 2.75) is 56.4 Å². The van der Waals surface area contributed by atoms with Gasteiger partial charge >= 0.3 is 0 Å². The van der Waals surface area contributed by atoms with Gasteiger partial charge in [-0.2, -0.15) is 4.31 Å². The van der Waals surface area contributed by atoms with Gasteiger partial charge in [-0.1, -0.05) is 32.9 Å². The summed E-state index contributed by atoms with van der Waals surface area (Å²) < 4.78 is 32.1. The highest BCUT2D eigenvalue weighted by Gasteiger charge is 2.30. The fourth-order valence-corrected chi connectivity index (χ4v) is 4.48. The standard InChI is InChI=1S/C19H30N2O4S/c1-19(2,3)15-5-7-17(8-6-15)26(23,24)21-12-9-16(10-13-21)20-18(22)11-14-25-4/h5-8,16H,9-14H2,1-4H3,(H,20,22). The summed E-state index contributed by atoms with van der Waals surface area (Å²) >= 11 is 0. The van der Waals surface area contributed by atoms with E-state index in [9.17, 15) is 13.2 Å². The zero-order chi connectivity index (χ0) is 19.4. The Hall–Kier alpha value is -1.44. The Morgan fingerprint density at radius 1 is 1.19 bits per heavy atom. The monoisotopic (exact) mass is 382 g/mol. The van der Waals surface area contributed by atoms with Crippen molar-refractivity contribution in [3.8, 4) is 0 Å². The fraction of sp³-hybridized carbons (Fsp3) is 0.632. The molecule has 0 unspecified atom stereocenters. The Kier molecular flexibility index (Phi) is 6.82. The first-order chi connectivity index (χ1) is 12.1. The lowest BCUT2D eigenvalue weighted by atomic mass is 9.87. The SMILES string of the molecule is COCCC(=O)NC1CCN(S(=O)(=O)c2ccc(C(C)(C)C)cc2)CC1. The Morgan fingerprint density at radius 2 is 1.77 bits per heavy atom. The minimum Gasteiger partial charge on any atom is -0.384 e. The summed E-state index contributed by atoms with van der Waals surface area (Å²) in [5, 5.41) is 2.95. The highest BCUT2D eigenvalue weighted by atomic mass is 32.2. The quantitative estimate of drug-likeness (QED) is 0.819. The van der Waals surface area contributed by atoms with Crippen LogP contribution in [0, 0.1) is 0 Å². The summed E-state index contributed by atoms with van der Waals surface area (Å²) in [5.41, 5.74) is 1.09. The molecule has 0 saturated carbocycles. The maximum absolute atomic E-state index is 12.8. The molecule has 1 aliphatic rings. The summed E-state index contributed by atoms with van der Waals surface area (Å²) in [4.78, 5) is 12.1. The molecule has 1 amide bonds. The third-order valence-electron chi connectivity index (χ3n) is 4.71. The van der Waals surface area contributed by atoms with Gasteiger partial charge in [0.2, 0.25) is 15.9 Å². The van der Waals surface area contributed by atoms with Gasteiger partial charge < -0.3 is 10.1 Å². The molecule has 0 aliphatic carbocycles. The van der Waals surface area contributed by atoms with Crippen molar-refractivity contribution in [3.63, 3.8) is 0 Å². The van der Waals surface area contributed by atoms with Gasteiger partial charge in [0.1, 0.15) is 0 Å². The first-order valence-electron chi connectivity index (χ1n) is 9.03. The molecule has 1 saturated heterocycles. The molecule has 1 aliphatic heterocycles. The van der Waals surface area contributed by atoms with E-state index in [1.165, 1.54) is 4.31 Å². The van der Waals surface area contributed by atoms with Crippen LogP contribution < -0.4 is 5.32 Å². The molecule has 7 heteroatoms. The van der Waals surface area contributed by atoms with Gasteiger partial charge in [0, 0.05) is 32.7 Å². The largest absolute Gasteiger partial charge is 0.384 e. The molecule has 0 radical (unpaired) electrons. The average molecular weight is 383 g/mol. The van der Waals surface area contributed by atoms with Crippen molar-refractivity contribution in [2.24, 2.45) is 0 Å². The lowest BCUT2D eigenvalue weighted by molar-refractivity contribution is -0.122. The Bertz CT molecular complexity index is 700. The molecule has 146 valence electrons. The number of piperidine rings is 1. The van der Waals surface area contributed by atoms with Crippen molar-refractivity contribution in [1.82, 2.24) is 9.62 Å². The first kappa shape index (κ1) is 20.9. The minimum absolute atomic E-state index is 0.0122. The number of methoxy groups -OCH3 is 1. The van der Waals surface area contributed by atoms with E-state index in [1.807, 2.05) is 12.1 Å². The van der Waals surface area contributed by atoms with Crippen molar-refractivity contribution >= 4 is 15.9 Å². The topological polar surface area (TPSA) is 75.7 Å². The van der Waals surface area contributed by atoms with Crippen LogP contribution in [0.5, 0.6) is 0 Å². The molecule has 0 spiro atoms. The van der Waals surface area contributed by atoms with Crippen molar-refractivity contribution < 1.29 is 17.9 Å². The van der Waals surface area contributed by atoms with Gasteiger partial charge in [-0.15, -0.1) is 0 Å². The number of carbonyl (C=O) groups is 1. The minimum atomic E-state index is -3.49.